The van der Waals surface area contributed by atoms with Crippen LogP contribution in [0.5, 0.6) is 17.2 Å². The number of carbonyl (C=O) groups excluding carboxylic acids is 1. The second-order valence-corrected chi connectivity index (χ2v) is 7.16. The number of nitrogens with zero attached hydrogens (tertiary/aromatic N) is 2. The van der Waals surface area contributed by atoms with E-state index in [-0.39, 0.29) is 12.0 Å². The van der Waals surface area contributed by atoms with Crippen LogP contribution in [0.1, 0.15) is 25.8 Å². The third-order valence-corrected chi connectivity index (χ3v) is 5.01. The molecule has 0 aliphatic carbocycles. The third-order valence-electron chi connectivity index (χ3n) is 5.01. The van der Waals surface area contributed by atoms with Crippen LogP contribution in [0, 0.1) is 0 Å². The minimum atomic E-state index is -0.678. The lowest BCUT2D eigenvalue weighted by molar-refractivity contribution is -0.135. The number of carbonyl (C=O) groups is 1. The zero-order chi connectivity index (χ0) is 19.4. The Bertz CT molecular complexity index is 792. The molecule has 144 valence electrons. The molecule has 1 atom stereocenters. The largest absolute Gasteiger partial charge is 0.493 e. The molecule has 27 heavy (non-hydrogen) atoms. The Balaban J connectivity index is 1.71. The standard InChI is InChI=1S/C21H26N2O4/c1-21(2,15-7-8-18(25-3)19(12-15)26-4)20(24)23-11-9-17(14-23)27-16-6-5-10-22-13-16/h5-8,10,12-13,17H,9,11,14H2,1-4H3. The van der Waals surface area contributed by atoms with Crippen molar-refractivity contribution < 1.29 is 19.0 Å². The van der Waals surface area contributed by atoms with Crippen molar-refractivity contribution in [1.29, 1.82) is 0 Å². The van der Waals surface area contributed by atoms with Gasteiger partial charge in [0.2, 0.25) is 5.91 Å². The molecule has 1 amide bonds. The van der Waals surface area contributed by atoms with Gasteiger partial charge in [-0.3, -0.25) is 9.78 Å². The van der Waals surface area contributed by atoms with Crippen LogP contribution in [0.25, 0.3) is 0 Å². The molecule has 3 rings (SSSR count). The molecular formula is C21H26N2O4. The van der Waals surface area contributed by atoms with Gasteiger partial charge in [0.05, 0.1) is 32.4 Å². The molecule has 6 nitrogen and oxygen atoms in total. The van der Waals surface area contributed by atoms with Crippen molar-refractivity contribution in [2.45, 2.75) is 31.8 Å². The summed E-state index contributed by atoms with van der Waals surface area (Å²) < 4.78 is 16.6. The van der Waals surface area contributed by atoms with E-state index in [1.165, 1.54) is 0 Å². The summed E-state index contributed by atoms with van der Waals surface area (Å²) in [6.07, 6.45) is 4.20. The number of benzene rings is 1. The quantitative estimate of drug-likeness (QED) is 0.782. The highest BCUT2D eigenvalue weighted by molar-refractivity contribution is 5.88. The lowest BCUT2D eigenvalue weighted by Gasteiger charge is -2.30. The second-order valence-electron chi connectivity index (χ2n) is 7.16. The van der Waals surface area contributed by atoms with Crippen LogP contribution in [0.3, 0.4) is 0 Å². The first kappa shape index (κ1) is 19.0. The van der Waals surface area contributed by atoms with Crippen LogP contribution < -0.4 is 14.2 Å². The molecule has 0 saturated carbocycles. The Morgan fingerprint density at radius 2 is 1.96 bits per heavy atom. The Morgan fingerprint density at radius 1 is 1.19 bits per heavy atom. The first-order chi connectivity index (χ1) is 13.0. The number of hydrogen-bond acceptors (Lipinski definition) is 5. The Kier molecular flexibility index (Phi) is 5.54. The van der Waals surface area contributed by atoms with Crippen molar-refractivity contribution in [2.24, 2.45) is 0 Å². The summed E-state index contributed by atoms with van der Waals surface area (Å²) in [7, 11) is 3.19. The predicted molar refractivity (Wildman–Crippen MR) is 102 cm³/mol. The number of rotatable bonds is 6. The van der Waals surface area contributed by atoms with Gasteiger partial charge < -0.3 is 19.1 Å². The minimum Gasteiger partial charge on any atom is -0.493 e. The number of pyridine rings is 1. The molecule has 1 aromatic heterocycles. The van der Waals surface area contributed by atoms with Gasteiger partial charge in [-0.05, 0) is 43.7 Å². The Labute approximate surface area is 160 Å². The zero-order valence-corrected chi connectivity index (χ0v) is 16.3. The van der Waals surface area contributed by atoms with Gasteiger partial charge in [0.15, 0.2) is 11.5 Å². The number of methoxy groups -OCH3 is 2. The summed E-state index contributed by atoms with van der Waals surface area (Å²) in [6, 6.07) is 9.34. The van der Waals surface area contributed by atoms with E-state index in [2.05, 4.69) is 4.98 Å². The molecule has 1 saturated heterocycles. The topological polar surface area (TPSA) is 60.9 Å². The molecule has 1 aliphatic rings. The monoisotopic (exact) mass is 370 g/mol. The van der Waals surface area contributed by atoms with Crippen molar-refractivity contribution in [1.82, 2.24) is 9.88 Å². The fourth-order valence-corrected chi connectivity index (χ4v) is 3.36. The van der Waals surface area contributed by atoms with E-state index >= 15 is 0 Å². The zero-order valence-electron chi connectivity index (χ0n) is 16.3. The normalized spacial score (nSPS) is 16.9. The van der Waals surface area contributed by atoms with Gasteiger partial charge >= 0.3 is 0 Å². The minimum absolute atomic E-state index is 0.0145. The molecule has 1 unspecified atom stereocenters. The smallest absolute Gasteiger partial charge is 0.232 e. The Morgan fingerprint density at radius 3 is 2.63 bits per heavy atom. The maximum absolute atomic E-state index is 13.2. The highest BCUT2D eigenvalue weighted by atomic mass is 16.5. The molecule has 1 aliphatic heterocycles. The molecule has 6 heteroatoms. The van der Waals surface area contributed by atoms with Crippen LogP contribution in [-0.4, -0.2) is 49.2 Å². The molecule has 0 bridgehead atoms. The van der Waals surface area contributed by atoms with E-state index in [4.69, 9.17) is 14.2 Å². The fraction of sp³-hybridized carbons (Fsp3) is 0.429. The summed E-state index contributed by atoms with van der Waals surface area (Å²) in [4.78, 5) is 19.1. The lowest BCUT2D eigenvalue weighted by Crippen LogP contribution is -2.43. The number of ether oxygens (including phenoxy) is 3. The maximum atomic E-state index is 13.2. The SMILES string of the molecule is COc1ccc(C(C)(C)C(=O)N2CCC(Oc3cccnc3)C2)cc1OC. The molecule has 1 fully saturated rings. The molecule has 0 radical (unpaired) electrons. The molecule has 2 heterocycles. The third kappa shape index (κ3) is 3.99. The molecule has 1 aromatic carbocycles. The molecule has 2 aromatic rings. The number of hydrogen-bond donors (Lipinski definition) is 0. The summed E-state index contributed by atoms with van der Waals surface area (Å²) in [6.45, 7) is 5.13. The average molecular weight is 370 g/mol. The maximum Gasteiger partial charge on any atom is 0.232 e. The predicted octanol–water partition coefficient (Wildman–Crippen LogP) is 3.06. The van der Waals surface area contributed by atoms with E-state index < -0.39 is 5.41 Å². The molecule has 0 N–H and O–H groups in total. The van der Waals surface area contributed by atoms with Crippen LogP contribution in [0.15, 0.2) is 42.7 Å². The van der Waals surface area contributed by atoms with Gasteiger partial charge in [0.1, 0.15) is 11.9 Å². The highest BCUT2D eigenvalue weighted by Crippen LogP contribution is 2.35. The number of likely N-dealkylation sites (tertiary alicyclic amines) is 1. The highest BCUT2D eigenvalue weighted by Gasteiger charge is 2.38. The van der Waals surface area contributed by atoms with Crippen LogP contribution in [-0.2, 0) is 10.2 Å². The second kappa shape index (κ2) is 7.86. The van der Waals surface area contributed by atoms with Gasteiger partial charge in [-0.2, -0.15) is 0 Å². The average Bonchev–Trinajstić information content (AvgIpc) is 3.15. The number of amides is 1. The van der Waals surface area contributed by atoms with E-state index in [0.717, 1.165) is 17.7 Å². The summed E-state index contributed by atoms with van der Waals surface area (Å²) in [5.74, 6) is 2.08. The molecular weight excluding hydrogens is 344 g/mol. The first-order valence-electron chi connectivity index (χ1n) is 9.04. The van der Waals surface area contributed by atoms with E-state index in [1.54, 1.807) is 26.6 Å². The van der Waals surface area contributed by atoms with Gasteiger partial charge in [-0.1, -0.05) is 6.07 Å². The van der Waals surface area contributed by atoms with Crippen molar-refractivity contribution in [3.63, 3.8) is 0 Å². The summed E-state index contributed by atoms with van der Waals surface area (Å²) >= 11 is 0. The van der Waals surface area contributed by atoms with Crippen LogP contribution in [0.2, 0.25) is 0 Å². The van der Waals surface area contributed by atoms with Gasteiger partial charge in [0, 0.05) is 19.2 Å². The van der Waals surface area contributed by atoms with Crippen LogP contribution in [0.4, 0.5) is 0 Å². The van der Waals surface area contributed by atoms with Crippen molar-refractivity contribution in [2.75, 3.05) is 27.3 Å². The first-order valence-corrected chi connectivity index (χ1v) is 9.04. The van der Waals surface area contributed by atoms with Gasteiger partial charge in [-0.25, -0.2) is 0 Å². The Hall–Kier alpha value is -2.76. The fourth-order valence-electron chi connectivity index (χ4n) is 3.36. The summed E-state index contributed by atoms with van der Waals surface area (Å²) in [5.41, 5.74) is 0.213. The van der Waals surface area contributed by atoms with Crippen molar-refractivity contribution in [3.8, 4) is 17.2 Å². The van der Waals surface area contributed by atoms with Gasteiger partial charge in [0.25, 0.3) is 0 Å². The number of aromatic nitrogens is 1. The van der Waals surface area contributed by atoms with Crippen LogP contribution >= 0.6 is 0 Å². The summed E-state index contributed by atoms with van der Waals surface area (Å²) in [5, 5.41) is 0. The van der Waals surface area contributed by atoms with Gasteiger partial charge in [-0.15, -0.1) is 0 Å². The van der Waals surface area contributed by atoms with E-state index in [1.807, 2.05) is 49.1 Å². The van der Waals surface area contributed by atoms with E-state index in [0.29, 0.717) is 24.6 Å². The van der Waals surface area contributed by atoms with Crippen molar-refractivity contribution in [3.05, 3.63) is 48.3 Å². The molecule has 0 spiro atoms. The lowest BCUT2D eigenvalue weighted by atomic mass is 9.83. The van der Waals surface area contributed by atoms with Crippen molar-refractivity contribution >= 4 is 5.91 Å². The van der Waals surface area contributed by atoms with E-state index in [9.17, 15) is 4.79 Å².